The predicted octanol–water partition coefficient (Wildman–Crippen LogP) is 0.706. The molecule has 0 aromatic rings. The lowest BCUT2D eigenvalue weighted by Gasteiger charge is -2.30. The maximum Gasteiger partial charge on any atom is 0.417 e. The van der Waals surface area contributed by atoms with Crippen molar-refractivity contribution in [1.82, 2.24) is 4.90 Å². The molecule has 0 aliphatic carbocycles. The van der Waals surface area contributed by atoms with Crippen LogP contribution in [0.2, 0.25) is 0 Å². The quantitative estimate of drug-likeness (QED) is 0.628. The fourth-order valence-electron chi connectivity index (χ4n) is 1.06. The zero-order valence-electron chi connectivity index (χ0n) is 11.3. The van der Waals surface area contributed by atoms with Gasteiger partial charge in [0.25, 0.3) is 0 Å². The van der Waals surface area contributed by atoms with Gasteiger partial charge in [0, 0.05) is 13.2 Å². The van der Waals surface area contributed by atoms with E-state index in [4.69, 9.17) is 14.2 Å². The topological polar surface area (TPSA) is 88.5 Å². The third-order valence-corrected chi connectivity index (χ3v) is 1.86. The van der Waals surface area contributed by atoms with E-state index < -0.39 is 18.9 Å². The molecule has 0 aromatic carbocycles. The highest BCUT2D eigenvalue weighted by Crippen LogP contribution is 2.09. The van der Waals surface area contributed by atoms with Gasteiger partial charge in [-0.25, -0.2) is 9.69 Å². The molecule has 7 heteroatoms. The fourth-order valence-corrected chi connectivity index (χ4v) is 1.06. The number of carbonyl (C=O) groups excluding carboxylic acids is 1. The van der Waals surface area contributed by atoms with Gasteiger partial charge < -0.3 is 24.4 Å². The van der Waals surface area contributed by atoms with Gasteiger partial charge in [-0.1, -0.05) is 13.8 Å². The summed E-state index contributed by atoms with van der Waals surface area (Å²) in [5.41, 5.74) is 0. The highest BCUT2D eigenvalue weighted by molar-refractivity contribution is 5.67. The monoisotopic (exact) mass is 265 g/mol. The summed E-state index contributed by atoms with van der Waals surface area (Å²) in [7, 11) is 0. The SMILES string of the molecule is CCOC(O)N(C(=O)OCC(C)C)C(O)OCC. The Bertz CT molecular complexity index is 224. The van der Waals surface area contributed by atoms with E-state index in [1.54, 1.807) is 13.8 Å². The molecule has 0 saturated heterocycles. The van der Waals surface area contributed by atoms with Crippen molar-refractivity contribution in [3.63, 3.8) is 0 Å². The van der Waals surface area contributed by atoms with Gasteiger partial charge in [-0.3, -0.25) is 0 Å². The summed E-state index contributed by atoms with van der Waals surface area (Å²) >= 11 is 0. The summed E-state index contributed by atoms with van der Waals surface area (Å²) < 4.78 is 14.6. The average Bonchev–Trinajstić information content (AvgIpc) is 2.27. The normalized spacial score (nSPS) is 14.4. The summed E-state index contributed by atoms with van der Waals surface area (Å²) in [5.74, 6) is 0.143. The number of aliphatic hydroxyl groups excluding tert-OH is 2. The lowest BCUT2D eigenvalue weighted by Crippen LogP contribution is -2.50. The van der Waals surface area contributed by atoms with Crippen LogP contribution in [0.4, 0.5) is 4.79 Å². The van der Waals surface area contributed by atoms with E-state index in [9.17, 15) is 15.0 Å². The van der Waals surface area contributed by atoms with Gasteiger partial charge in [-0.2, -0.15) is 0 Å². The van der Waals surface area contributed by atoms with Crippen LogP contribution in [0, 0.1) is 5.92 Å². The molecular weight excluding hydrogens is 242 g/mol. The number of rotatable bonds is 8. The van der Waals surface area contributed by atoms with Gasteiger partial charge >= 0.3 is 6.09 Å². The summed E-state index contributed by atoms with van der Waals surface area (Å²) in [6.07, 6.45) is -4.13. The molecule has 18 heavy (non-hydrogen) atoms. The maximum absolute atomic E-state index is 11.7. The van der Waals surface area contributed by atoms with Gasteiger partial charge in [0.2, 0.25) is 12.8 Å². The number of amides is 1. The van der Waals surface area contributed by atoms with Crippen molar-refractivity contribution in [1.29, 1.82) is 0 Å². The van der Waals surface area contributed by atoms with Crippen molar-refractivity contribution in [3.05, 3.63) is 0 Å². The molecule has 0 aliphatic heterocycles. The molecule has 0 spiro atoms. The zero-order chi connectivity index (χ0) is 14.1. The van der Waals surface area contributed by atoms with Gasteiger partial charge in [0.05, 0.1) is 6.61 Å². The Balaban J connectivity index is 4.57. The molecule has 0 aromatic heterocycles. The Morgan fingerprint density at radius 2 is 1.56 bits per heavy atom. The Kier molecular flexibility index (Phi) is 8.65. The third-order valence-electron chi connectivity index (χ3n) is 1.86. The highest BCUT2D eigenvalue weighted by Gasteiger charge is 2.31. The average molecular weight is 265 g/mol. The van der Waals surface area contributed by atoms with Gasteiger partial charge in [-0.05, 0) is 19.8 Å². The van der Waals surface area contributed by atoms with Crippen molar-refractivity contribution in [3.8, 4) is 0 Å². The van der Waals surface area contributed by atoms with Crippen LogP contribution in [0.25, 0.3) is 0 Å². The standard InChI is InChI=1S/C11H23NO6/c1-5-16-9(13)12(10(14)17-6-2)11(15)18-7-8(3)4/h8-10,13-14H,5-7H2,1-4H3. The highest BCUT2D eigenvalue weighted by atomic mass is 16.7. The number of hydrogen-bond acceptors (Lipinski definition) is 6. The first-order valence-electron chi connectivity index (χ1n) is 5.98. The van der Waals surface area contributed by atoms with Crippen LogP contribution in [0.3, 0.4) is 0 Å². The second-order valence-electron chi connectivity index (χ2n) is 3.94. The van der Waals surface area contributed by atoms with Crippen molar-refractivity contribution in [2.75, 3.05) is 19.8 Å². The number of ether oxygens (including phenoxy) is 3. The molecular formula is C11H23NO6. The summed E-state index contributed by atoms with van der Waals surface area (Å²) in [4.78, 5) is 12.3. The van der Waals surface area contributed by atoms with E-state index in [0.717, 1.165) is 0 Å². The largest absolute Gasteiger partial charge is 0.449 e. The van der Waals surface area contributed by atoms with Crippen LogP contribution in [-0.2, 0) is 14.2 Å². The molecule has 0 bridgehead atoms. The molecule has 0 rings (SSSR count). The summed E-state index contributed by atoms with van der Waals surface area (Å²) in [6, 6.07) is 0. The molecule has 2 unspecified atom stereocenters. The summed E-state index contributed by atoms with van der Waals surface area (Å²) in [6.45, 7) is 7.56. The Hall–Kier alpha value is -0.890. The minimum absolute atomic E-state index is 0.143. The smallest absolute Gasteiger partial charge is 0.417 e. The number of nitrogens with zero attached hydrogens (tertiary/aromatic N) is 1. The van der Waals surface area contributed by atoms with Crippen molar-refractivity contribution < 1.29 is 29.2 Å². The van der Waals surface area contributed by atoms with Crippen LogP contribution in [0.1, 0.15) is 27.7 Å². The zero-order valence-corrected chi connectivity index (χ0v) is 11.3. The number of hydrogen-bond donors (Lipinski definition) is 2. The van der Waals surface area contributed by atoms with E-state index in [2.05, 4.69) is 0 Å². The molecule has 2 atom stereocenters. The number of aliphatic hydroxyl groups is 2. The molecule has 0 heterocycles. The third kappa shape index (κ3) is 6.15. The fraction of sp³-hybridized carbons (Fsp3) is 0.909. The van der Waals surface area contributed by atoms with Crippen molar-refractivity contribution >= 4 is 6.09 Å². The first-order valence-corrected chi connectivity index (χ1v) is 5.98. The van der Waals surface area contributed by atoms with E-state index in [0.29, 0.717) is 4.90 Å². The number of carbonyl (C=O) groups is 1. The van der Waals surface area contributed by atoms with E-state index in [1.165, 1.54) is 0 Å². The summed E-state index contributed by atoms with van der Waals surface area (Å²) in [5, 5.41) is 19.2. The van der Waals surface area contributed by atoms with Gasteiger partial charge in [0.15, 0.2) is 0 Å². The Labute approximate surface area is 107 Å². The maximum atomic E-state index is 11.7. The van der Waals surface area contributed by atoms with E-state index in [1.807, 2.05) is 13.8 Å². The lowest BCUT2D eigenvalue weighted by atomic mass is 10.2. The molecule has 0 saturated carbocycles. The molecule has 2 N–H and O–H groups in total. The van der Waals surface area contributed by atoms with Gasteiger partial charge in [0.1, 0.15) is 0 Å². The second kappa shape index (κ2) is 9.09. The first kappa shape index (κ1) is 17.1. The predicted molar refractivity (Wildman–Crippen MR) is 63.3 cm³/mol. The van der Waals surface area contributed by atoms with Crippen LogP contribution in [0.15, 0.2) is 0 Å². The van der Waals surface area contributed by atoms with Crippen molar-refractivity contribution in [2.45, 2.75) is 40.5 Å². The molecule has 108 valence electrons. The molecule has 0 fully saturated rings. The van der Waals surface area contributed by atoms with Crippen LogP contribution in [-0.4, -0.2) is 53.9 Å². The van der Waals surface area contributed by atoms with E-state index >= 15 is 0 Å². The van der Waals surface area contributed by atoms with Crippen molar-refractivity contribution in [2.24, 2.45) is 5.92 Å². The Morgan fingerprint density at radius 3 is 1.89 bits per heavy atom. The van der Waals surface area contributed by atoms with E-state index in [-0.39, 0.29) is 25.7 Å². The molecule has 7 nitrogen and oxygen atoms in total. The molecule has 0 aliphatic rings. The van der Waals surface area contributed by atoms with Crippen LogP contribution < -0.4 is 0 Å². The van der Waals surface area contributed by atoms with Crippen LogP contribution >= 0.6 is 0 Å². The molecule has 1 amide bonds. The minimum atomic E-state index is -1.61. The Morgan fingerprint density at radius 1 is 1.11 bits per heavy atom. The first-order chi connectivity index (χ1) is 8.43. The molecule has 0 radical (unpaired) electrons. The second-order valence-corrected chi connectivity index (χ2v) is 3.94. The lowest BCUT2D eigenvalue weighted by molar-refractivity contribution is -0.277. The van der Waals surface area contributed by atoms with Gasteiger partial charge in [-0.15, -0.1) is 0 Å². The van der Waals surface area contributed by atoms with Crippen LogP contribution in [0.5, 0.6) is 0 Å². The minimum Gasteiger partial charge on any atom is -0.449 e.